The molecule has 2 N–H and O–H groups in total. The van der Waals surface area contributed by atoms with E-state index in [0.29, 0.717) is 0 Å². The summed E-state index contributed by atoms with van der Waals surface area (Å²) >= 11 is 0. The maximum atomic E-state index is 10.5. The molecule has 1 rings (SSSR count). The first-order valence-corrected chi connectivity index (χ1v) is 14.3. The third-order valence-electron chi connectivity index (χ3n) is 6.49. The Kier molecular flexibility index (Phi) is 17.6. The van der Waals surface area contributed by atoms with Crippen molar-refractivity contribution < 1.29 is 18.9 Å². The van der Waals surface area contributed by atoms with Crippen molar-refractivity contribution in [2.75, 3.05) is 6.61 Å². The molecule has 0 heterocycles. The molecule has 0 spiro atoms. The van der Waals surface area contributed by atoms with Gasteiger partial charge in [0.2, 0.25) is 0 Å². The van der Waals surface area contributed by atoms with E-state index in [4.69, 9.17) is 9.79 Å². The summed E-state index contributed by atoms with van der Waals surface area (Å²) < 4.78 is 15.0. The highest BCUT2D eigenvalue weighted by molar-refractivity contribution is 7.46. The maximum Gasteiger partial charge on any atom is 0.469 e. The monoisotopic (exact) mass is 432 g/mol. The summed E-state index contributed by atoms with van der Waals surface area (Å²) in [6.07, 6.45) is 30.0. The van der Waals surface area contributed by atoms with Crippen LogP contribution in [0.5, 0.6) is 0 Å². The molecule has 174 valence electrons. The van der Waals surface area contributed by atoms with Gasteiger partial charge in [-0.3, -0.25) is 4.52 Å². The smallest absolute Gasteiger partial charge is 0.303 e. The second-order valence-electron chi connectivity index (χ2n) is 9.27. The summed E-state index contributed by atoms with van der Waals surface area (Å²) in [7, 11) is -4.26. The van der Waals surface area contributed by atoms with Crippen LogP contribution in [0.25, 0.3) is 0 Å². The number of rotatable bonds is 20. The number of hydrogen-bond acceptors (Lipinski definition) is 2. The number of phosphoric acid groups is 1. The van der Waals surface area contributed by atoms with E-state index in [0.717, 1.165) is 25.2 Å². The van der Waals surface area contributed by atoms with Crippen molar-refractivity contribution in [3.63, 3.8) is 0 Å². The minimum atomic E-state index is -4.26. The molecule has 5 heteroatoms. The van der Waals surface area contributed by atoms with Gasteiger partial charge in [0.1, 0.15) is 0 Å². The number of phosphoric ester groups is 1. The SMILES string of the molecule is O=P(O)(O)OCCCCCCCCCCCCCCCCCCC1CCCCC1. The Labute approximate surface area is 180 Å². The molecule has 1 saturated carbocycles. The quantitative estimate of drug-likeness (QED) is 0.150. The largest absolute Gasteiger partial charge is 0.469 e. The van der Waals surface area contributed by atoms with Crippen molar-refractivity contribution >= 4 is 7.82 Å². The molecule has 1 aliphatic carbocycles. The van der Waals surface area contributed by atoms with Crippen molar-refractivity contribution in [2.45, 2.75) is 141 Å². The minimum Gasteiger partial charge on any atom is -0.303 e. The van der Waals surface area contributed by atoms with Gasteiger partial charge in [-0.15, -0.1) is 0 Å². The minimum absolute atomic E-state index is 0.171. The molecular formula is C24H49O4P. The van der Waals surface area contributed by atoms with E-state index >= 15 is 0 Å². The molecule has 0 aromatic rings. The lowest BCUT2D eigenvalue weighted by molar-refractivity contribution is 0.193. The van der Waals surface area contributed by atoms with Crippen molar-refractivity contribution in [2.24, 2.45) is 5.92 Å². The van der Waals surface area contributed by atoms with Gasteiger partial charge in [-0.05, 0) is 12.3 Å². The average molecular weight is 433 g/mol. The van der Waals surface area contributed by atoms with Crippen molar-refractivity contribution in [3.05, 3.63) is 0 Å². The summed E-state index contributed by atoms with van der Waals surface area (Å²) in [6, 6.07) is 0. The second kappa shape index (κ2) is 18.8. The third kappa shape index (κ3) is 19.8. The molecule has 0 aromatic heterocycles. The predicted molar refractivity (Wildman–Crippen MR) is 123 cm³/mol. The van der Waals surface area contributed by atoms with Gasteiger partial charge in [-0.2, -0.15) is 0 Å². The highest BCUT2D eigenvalue weighted by atomic mass is 31.2. The number of unbranched alkanes of at least 4 members (excludes halogenated alkanes) is 15. The molecule has 0 aromatic carbocycles. The summed E-state index contributed by atoms with van der Waals surface area (Å²) in [5.74, 6) is 1.07. The zero-order valence-corrected chi connectivity index (χ0v) is 19.9. The third-order valence-corrected chi connectivity index (χ3v) is 7.01. The molecule has 1 fully saturated rings. The lowest BCUT2D eigenvalue weighted by Crippen LogP contribution is -2.05. The summed E-state index contributed by atoms with van der Waals surface area (Å²) in [5.41, 5.74) is 0. The van der Waals surface area contributed by atoms with Crippen LogP contribution < -0.4 is 0 Å². The molecular weight excluding hydrogens is 383 g/mol. The lowest BCUT2D eigenvalue weighted by atomic mass is 9.85. The Hall–Kier alpha value is 0.110. The van der Waals surface area contributed by atoms with Gasteiger partial charge < -0.3 is 9.79 Å². The Morgan fingerprint density at radius 1 is 0.586 bits per heavy atom. The van der Waals surface area contributed by atoms with E-state index < -0.39 is 7.82 Å². The van der Waals surface area contributed by atoms with Crippen molar-refractivity contribution in [3.8, 4) is 0 Å². The summed E-state index contributed by atoms with van der Waals surface area (Å²) in [6.45, 7) is 0.171. The molecule has 0 bridgehead atoms. The van der Waals surface area contributed by atoms with Gasteiger partial charge in [0.15, 0.2) is 0 Å². The van der Waals surface area contributed by atoms with Crippen LogP contribution in [-0.2, 0) is 9.09 Å². The molecule has 0 atom stereocenters. The fourth-order valence-corrected chi connectivity index (χ4v) is 5.04. The fourth-order valence-electron chi connectivity index (χ4n) is 4.67. The normalized spacial score (nSPS) is 15.8. The van der Waals surface area contributed by atoms with Crippen LogP contribution in [0.4, 0.5) is 0 Å². The van der Waals surface area contributed by atoms with Crippen LogP contribution in [0.1, 0.15) is 141 Å². The number of hydrogen-bond donors (Lipinski definition) is 2. The van der Waals surface area contributed by atoms with Crippen LogP contribution in [0.2, 0.25) is 0 Å². The topological polar surface area (TPSA) is 66.8 Å². The van der Waals surface area contributed by atoms with Crippen LogP contribution in [0.3, 0.4) is 0 Å². The first kappa shape index (κ1) is 27.1. The Bertz CT molecular complexity index is 390. The Balaban J connectivity index is 1.66. The molecule has 0 radical (unpaired) electrons. The lowest BCUT2D eigenvalue weighted by Gasteiger charge is -2.21. The fraction of sp³-hybridized carbons (Fsp3) is 1.00. The molecule has 1 aliphatic rings. The van der Waals surface area contributed by atoms with Crippen LogP contribution >= 0.6 is 7.82 Å². The van der Waals surface area contributed by atoms with Gasteiger partial charge in [-0.1, -0.05) is 135 Å². The zero-order valence-electron chi connectivity index (χ0n) is 19.0. The molecule has 0 unspecified atom stereocenters. The van der Waals surface area contributed by atoms with E-state index in [1.807, 2.05) is 0 Å². The van der Waals surface area contributed by atoms with Crippen LogP contribution in [0.15, 0.2) is 0 Å². The van der Waals surface area contributed by atoms with Gasteiger partial charge >= 0.3 is 7.82 Å². The van der Waals surface area contributed by atoms with Crippen molar-refractivity contribution in [1.29, 1.82) is 0 Å². The predicted octanol–water partition coefficient (Wildman–Crippen LogP) is 8.31. The maximum absolute atomic E-state index is 10.5. The van der Waals surface area contributed by atoms with Gasteiger partial charge in [0, 0.05) is 0 Å². The van der Waals surface area contributed by atoms with Crippen LogP contribution in [-0.4, -0.2) is 16.4 Å². The second-order valence-corrected chi connectivity index (χ2v) is 10.5. The Morgan fingerprint density at radius 2 is 0.966 bits per heavy atom. The van der Waals surface area contributed by atoms with Gasteiger partial charge in [-0.25, -0.2) is 4.57 Å². The van der Waals surface area contributed by atoms with E-state index in [2.05, 4.69) is 4.52 Å². The Morgan fingerprint density at radius 3 is 1.38 bits per heavy atom. The summed E-state index contributed by atoms with van der Waals surface area (Å²) in [5, 5.41) is 0. The zero-order chi connectivity index (χ0) is 21.0. The van der Waals surface area contributed by atoms with E-state index in [-0.39, 0.29) is 6.61 Å². The average Bonchev–Trinajstić information content (AvgIpc) is 2.69. The molecule has 29 heavy (non-hydrogen) atoms. The van der Waals surface area contributed by atoms with E-state index in [9.17, 15) is 4.57 Å². The standard InChI is InChI=1S/C24H49O4P/c25-29(26,27)28-23-19-14-12-10-8-6-4-2-1-3-5-7-9-11-13-16-20-24-21-17-15-18-22-24/h24H,1-23H2,(H2,25,26,27). The van der Waals surface area contributed by atoms with Crippen LogP contribution in [0, 0.1) is 5.92 Å². The first-order chi connectivity index (χ1) is 14.1. The van der Waals surface area contributed by atoms with Gasteiger partial charge in [0.05, 0.1) is 6.61 Å². The molecule has 0 saturated heterocycles. The molecule has 0 aliphatic heterocycles. The van der Waals surface area contributed by atoms with E-state index in [1.165, 1.54) is 122 Å². The molecule has 0 amide bonds. The highest BCUT2D eigenvalue weighted by Crippen LogP contribution is 2.35. The highest BCUT2D eigenvalue weighted by Gasteiger charge is 2.13. The molecule has 4 nitrogen and oxygen atoms in total. The van der Waals surface area contributed by atoms with Crippen molar-refractivity contribution in [1.82, 2.24) is 0 Å². The summed E-state index contributed by atoms with van der Waals surface area (Å²) in [4.78, 5) is 17.2. The van der Waals surface area contributed by atoms with Gasteiger partial charge in [0.25, 0.3) is 0 Å². The van der Waals surface area contributed by atoms with E-state index in [1.54, 1.807) is 0 Å². The first-order valence-electron chi connectivity index (χ1n) is 12.8.